The molecule has 0 aliphatic rings. The Morgan fingerprint density at radius 3 is 2.71 bits per heavy atom. The van der Waals surface area contributed by atoms with E-state index in [1.54, 1.807) is 19.1 Å². The SMILES string of the molecule is CCOC(=O)c1ccc(NSC)cc1OCC. The van der Waals surface area contributed by atoms with Crippen molar-refractivity contribution in [2.45, 2.75) is 13.8 Å². The van der Waals surface area contributed by atoms with E-state index in [9.17, 15) is 4.79 Å². The Hall–Kier alpha value is -1.36. The van der Waals surface area contributed by atoms with Crippen LogP contribution in [0.5, 0.6) is 5.75 Å². The molecule has 0 unspecified atom stereocenters. The van der Waals surface area contributed by atoms with Gasteiger partial charge in [0.25, 0.3) is 0 Å². The lowest BCUT2D eigenvalue weighted by Gasteiger charge is -2.11. The summed E-state index contributed by atoms with van der Waals surface area (Å²) in [5.41, 5.74) is 1.36. The molecule has 0 heterocycles. The van der Waals surface area contributed by atoms with Crippen molar-refractivity contribution in [1.82, 2.24) is 0 Å². The number of ether oxygens (including phenoxy) is 2. The summed E-state index contributed by atoms with van der Waals surface area (Å²) < 4.78 is 13.5. The molecule has 1 N–H and O–H groups in total. The first-order valence-electron chi connectivity index (χ1n) is 5.45. The fraction of sp³-hybridized carbons (Fsp3) is 0.417. The molecule has 1 aromatic carbocycles. The largest absolute Gasteiger partial charge is 0.493 e. The monoisotopic (exact) mass is 255 g/mol. The van der Waals surface area contributed by atoms with Gasteiger partial charge in [-0.15, -0.1) is 0 Å². The van der Waals surface area contributed by atoms with Gasteiger partial charge in [-0.3, -0.25) is 0 Å². The van der Waals surface area contributed by atoms with Gasteiger partial charge in [0.1, 0.15) is 11.3 Å². The minimum atomic E-state index is -0.355. The first-order valence-corrected chi connectivity index (χ1v) is 6.68. The number of carbonyl (C=O) groups excluding carboxylic acids is 1. The van der Waals surface area contributed by atoms with Crippen molar-refractivity contribution in [3.05, 3.63) is 23.8 Å². The van der Waals surface area contributed by atoms with E-state index in [2.05, 4.69) is 4.72 Å². The maximum absolute atomic E-state index is 11.7. The van der Waals surface area contributed by atoms with Crippen molar-refractivity contribution >= 4 is 23.6 Å². The van der Waals surface area contributed by atoms with Crippen molar-refractivity contribution in [2.75, 3.05) is 24.2 Å². The van der Waals surface area contributed by atoms with Crippen LogP contribution in [-0.4, -0.2) is 25.4 Å². The summed E-state index contributed by atoms with van der Waals surface area (Å²) in [5.74, 6) is 0.191. The van der Waals surface area contributed by atoms with Gasteiger partial charge in [-0.2, -0.15) is 0 Å². The predicted octanol–water partition coefficient (Wildman–Crippen LogP) is 2.95. The van der Waals surface area contributed by atoms with Gasteiger partial charge in [-0.25, -0.2) is 4.79 Å². The van der Waals surface area contributed by atoms with Gasteiger partial charge in [0, 0.05) is 18.0 Å². The van der Waals surface area contributed by atoms with Crippen molar-refractivity contribution in [2.24, 2.45) is 0 Å². The third-order valence-electron chi connectivity index (χ3n) is 2.00. The van der Waals surface area contributed by atoms with Crippen LogP contribution in [0.1, 0.15) is 24.2 Å². The molecule has 0 saturated heterocycles. The van der Waals surface area contributed by atoms with Crippen molar-refractivity contribution in [3.63, 3.8) is 0 Å². The zero-order chi connectivity index (χ0) is 12.7. The third-order valence-corrected chi connectivity index (χ3v) is 2.44. The number of rotatable bonds is 6. The minimum absolute atomic E-state index is 0.355. The van der Waals surface area contributed by atoms with Gasteiger partial charge in [-0.1, -0.05) is 11.9 Å². The Balaban J connectivity index is 2.98. The van der Waals surface area contributed by atoms with E-state index in [0.29, 0.717) is 24.5 Å². The van der Waals surface area contributed by atoms with Crippen LogP contribution in [0.3, 0.4) is 0 Å². The topological polar surface area (TPSA) is 47.6 Å². The number of anilines is 1. The van der Waals surface area contributed by atoms with Gasteiger partial charge in [0.2, 0.25) is 0 Å². The lowest BCUT2D eigenvalue weighted by Crippen LogP contribution is -2.08. The highest BCUT2D eigenvalue weighted by Gasteiger charge is 2.14. The molecular weight excluding hydrogens is 238 g/mol. The third kappa shape index (κ3) is 3.85. The number of hydrogen-bond donors (Lipinski definition) is 1. The number of carbonyl (C=O) groups is 1. The number of hydrogen-bond acceptors (Lipinski definition) is 5. The first kappa shape index (κ1) is 13.7. The molecule has 0 aliphatic heterocycles. The molecule has 0 amide bonds. The summed E-state index contributed by atoms with van der Waals surface area (Å²) in [6.07, 6.45) is 1.93. The minimum Gasteiger partial charge on any atom is -0.493 e. The Morgan fingerprint density at radius 1 is 1.35 bits per heavy atom. The van der Waals surface area contributed by atoms with Crippen LogP contribution in [0, 0.1) is 0 Å². The molecular formula is C12H17NO3S. The quantitative estimate of drug-likeness (QED) is 0.625. The maximum atomic E-state index is 11.7. The standard InChI is InChI=1S/C12H17NO3S/c1-4-15-11-8-9(13-17-3)6-7-10(11)12(14)16-5-2/h6-8,13H,4-5H2,1-3H3. The molecule has 0 aromatic heterocycles. The molecule has 17 heavy (non-hydrogen) atoms. The van der Waals surface area contributed by atoms with Crippen molar-refractivity contribution < 1.29 is 14.3 Å². The molecule has 4 nitrogen and oxygen atoms in total. The summed E-state index contributed by atoms with van der Waals surface area (Å²) in [6.45, 7) is 4.52. The Kier molecular flexibility index (Phi) is 5.69. The van der Waals surface area contributed by atoms with Crippen LogP contribution >= 0.6 is 11.9 Å². The second-order valence-corrected chi connectivity index (χ2v) is 3.78. The van der Waals surface area contributed by atoms with E-state index in [1.807, 2.05) is 19.2 Å². The second-order valence-electron chi connectivity index (χ2n) is 3.17. The molecule has 5 heteroatoms. The van der Waals surface area contributed by atoms with Crippen LogP contribution in [0.4, 0.5) is 5.69 Å². The molecule has 0 fully saturated rings. The summed E-state index contributed by atoms with van der Waals surface area (Å²) in [4.78, 5) is 11.7. The summed E-state index contributed by atoms with van der Waals surface area (Å²) in [7, 11) is 0. The van der Waals surface area contributed by atoms with E-state index in [1.165, 1.54) is 11.9 Å². The Morgan fingerprint density at radius 2 is 2.12 bits per heavy atom. The summed E-state index contributed by atoms with van der Waals surface area (Å²) in [6, 6.07) is 5.33. The molecule has 1 rings (SSSR count). The van der Waals surface area contributed by atoms with E-state index in [0.717, 1.165) is 5.69 Å². The van der Waals surface area contributed by atoms with Crippen LogP contribution in [0.25, 0.3) is 0 Å². The first-order chi connectivity index (χ1) is 8.22. The number of benzene rings is 1. The van der Waals surface area contributed by atoms with Crippen molar-refractivity contribution in [1.29, 1.82) is 0 Å². The lowest BCUT2D eigenvalue weighted by molar-refractivity contribution is 0.0522. The average molecular weight is 255 g/mol. The summed E-state index contributed by atoms with van der Waals surface area (Å²) in [5, 5.41) is 0. The number of esters is 1. The Labute approximate surface area is 106 Å². The van der Waals surface area contributed by atoms with Crippen LogP contribution in [-0.2, 0) is 4.74 Å². The molecule has 0 atom stereocenters. The van der Waals surface area contributed by atoms with E-state index in [-0.39, 0.29) is 5.97 Å². The van der Waals surface area contributed by atoms with Crippen LogP contribution in [0.2, 0.25) is 0 Å². The van der Waals surface area contributed by atoms with E-state index >= 15 is 0 Å². The molecule has 94 valence electrons. The zero-order valence-electron chi connectivity index (χ0n) is 10.3. The molecule has 1 aromatic rings. The van der Waals surface area contributed by atoms with Gasteiger partial charge >= 0.3 is 5.97 Å². The predicted molar refractivity (Wildman–Crippen MR) is 70.7 cm³/mol. The molecule has 0 aliphatic carbocycles. The van der Waals surface area contributed by atoms with Gasteiger partial charge in [0.15, 0.2) is 0 Å². The highest BCUT2D eigenvalue weighted by Crippen LogP contribution is 2.25. The Bertz CT molecular complexity index is 382. The zero-order valence-corrected chi connectivity index (χ0v) is 11.1. The van der Waals surface area contributed by atoms with Crippen LogP contribution < -0.4 is 9.46 Å². The van der Waals surface area contributed by atoms with E-state index in [4.69, 9.17) is 9.47 Å². The van der Waals surface area contributed by atoms with Crippen molar-refractivity contribution in [3.8, 4) is 5.75 Å². The maximum Gasteiger partial charge on any atom is 0.341 e. The van der Waals surface area contributed by atoms with Gasteiger partial charge < -0.3 is 14.2 Å². The molecule has 0 spiro atoms. The molecule has 0 saturated carbocycles. The fourth-order valence-electron chi connectivity index (χ4n) is 1.36. The fourth-order valence-corrected chi connectivity index (χ4v) is 1.72. The van der Waals surface area contributed by atoms with Gasteiger partial charge in [0.05, 0.1) is 13.2 Å². The highest BCUT2D eigenvalue weighted by molar-refractivity contribution is 7.99. The molecule has 0 bridgehead atoms. The van der Waals surface area contributed by atoms with Crippen LogP contribution in [0.15, 0.2) is 18.2 Å². The second kappa shape index (κ2) is 7.06. The smallest absolute Gasteiger partial charge is 0.341 e. The highest BCUT2D eigenvalue weighted by atomic mass is 32.2. The lowest BCUT2D eigenvalue weighted by atomic mass is 10.2. The van der Waals surface area contributed by atoms with Gasteiger partial charge in [-0.05, 0) is 26.0 Å². The normalized spacial score (nSPS) is 9.82. The van der Waals surface area contributed by atoms with E-state index < -0.39 is 0 Å². The number of nitrogens with one attached hydrogen (secondary N) is 1. The summed E-state index contributed by atoms with van der Waals surface area (Å²) >= 11 is 1.48. The average Bonchev–Trinajstić information content (AvgIpc) is 2.30. The molecule has 0 radical (unpaired) electrons.